The summed E-state index contributed by atoms with van der Waals surface area (Å²) in [6.45, 7) is 2.08. The van der Waals surface area contributed by atoms with Gasteiger partial charge in [-0.2, -0.15) is 0 Å². The molecular formula is C15H18BrN3. The van der Waals surface area contributed by atoms with Crippen LogP contribution in [0.2, 0.25) is 0 Å². The Hall–Kier alpha value is -1.36. The highest BCUT2D eigenvalue weighted by Crippen LogP contribution is 2.26. The molecule has 0 aliphatic rings. The predicted molar refractivity (Wildman–Crippen MR) is 83.5 cm³/mol. The van der Waals surface area contributed by atoms with Gasteiger partial charge in [0.1, 0.15) is 0 Å². The van der Waals surface area contributed by atoms with E-state index in [9.17, 15) is 0 Å². The fraction of sp³-hybridized carbons (Fsp3) is 0.200. The molecule has 0 heterocycles. The zero-order chi connectivity index (χ0) is 13.8. The third-order valence-corrected chi connectivity index (χ3v) is 3.68. The first-order valence-electron chi connectivity index (χ1n) is 6.16. The second kappa shape index (κ2) is 6.19. The Kier molecular flexibility index (Phi) is 4.58. The topological polar surface area (TPSA) is 64.1 Å². The lowest BCUT2D eigenvalue weighted by molar-refractivity contribution is 0.553. The standard InChI is InChI=1S/C15H18BrN3/c1-10-2-4-11(5-3-10)8-15(19-18)13-9-12(16)6-7-14(13)17/h2-7,9,15,19H,8,17-18H2,1H3. The molecule has 5 N–H and O–H groups in total. The van der Waals surface area contributed by atoms with Crippen LogP contribution in [0.5, 0.6) is 0 Å². The monoisotopic (exact) mass is 319 g/mol. The quantitative estimate of drug-likeness (QED) is 0.461. The van der Waals surface area contributed by atoms with Gasteiger partial charge in [-0.1, -0.05) is 45.8 Å². The summed E-state index contributed by atoms with van der Waals surface area (Å²) in [5.41, 5.74) is 13.1. The van der Waals surface area contributed by atoms with E-state index in [4.69, 9.17) is 11.6 Å². The van der Waals surface area contributed by atoms with E-state index in [1.165, 1.54) is 11.1 Å². The van der Waals surface area contributed by atoms with Crippen LogP contribution in [0.15, 0.2) is 46.9 Å². The fourth-order valence-electron chi connectivity index (χ4n) is 2.07. The number of aryl methyl sites for hydroxylation is 1. The first-order chi connectivity index (χ1) is 9.10. The SMILES string of the molecule is Cc1ccc(CC(NN)c2cc(Br)ccc2N)cc1. The minimum Gasteiger partial charge on any atom is -0.398 e. The van der Waals surface area contributed by atoms with Gasteiger partial charge in [-0.3, -0.25) is 11.3 Å². The van der Waals surface area contributed by atoms with Crippen molar-refractivity contribution in [1.82, 2.24) is 5.43 Å². The van der Waals surface area contributed by atoms with E-state index in [1.807, 2.05) is 18.2 Å². The summed E-state index contributed by atoms with van der Waals surface area (Å²) in [6, 6.07) is 14.3. The number of rotatable bonds is 4. The Morgan fingerprint density at radius 3 is 2.47 bits per heavy atom. The van der Waals surface area contributed by atoms with Gasteiger partial charge in [0.15, 0.2) is 0 Å². The molecule has 0 radical (unpaired) electrons. The largest absolute Gasteiger partial charge is 0.398 e. The highest BCUT2D eigenvalue weighted by atomic mass is 79.9. The Bertz CT molecular complexity index is 552. The summed E-state index contributed by atoms with van der Waals surface area (Å²) in [6.07, 6.45) is 0.803. The van der Waals surface area contributed by atoms with Crippen LogP contribution in [0.1, 0.15) is 22.7 Å². The van der Waals surface area contributed by atoms with Crippen LogP contribution in [-0.2, 0) is 6.42 Å². The number of hydrogen-bond acceptors (Lipinski definition) is 3. The van der Waals surface area contributed by atoms with Crippen molar-refractivity contribution in [3.63, 3.8) is 0 Å². The van der Waals surface area contributed by atoms with Crippen molar-refractivity contribution in [3.8, 4) is 0 Å². The van der Waals surface area contributed by atoms with E-state index in [-0.39, 0.29) is 6.04 Å². The van der Waals surface area contributed by atoms with E-state index >= 15 is 0 Å². The Balaban J connectivity index is 2.24. The van der Waals surface area contributed by atoms with E-state index < -0.39 is 0 Å². The second-order valence-corrected chi connectivity index (χ2v) is 5.60. The Morgan fingerprint density at radius 1 is 1.16 bits per heavy atom. The molecule has 19 heavy (non-hydrogen) atoms. The molecule has 0 saturated carbocycles. The zero-order valence-electron chi connectivity index (χ0n) is 10.9. The maximum absolute atomic E-state index is 6.03. The third kappa shape index (κ3) is 3.56. The molecule has 4 heteroatoms. The first kappa shape index (κ1) is 14.1. The lowest BCUT2D eigenvalue weighted by atomic mass is 9.97. The maximum atomic E-state index is 6.03. The van der Waals surface area contributed by atoms with Crippen LogP contribution >= 0.6 is 15.9 Å². The third-order valence-electron chi connectivity index (χ3n) is 3.19. The summed E-state index contributed by atoms with van der Waals surface area (Å²) < 4.78 is 1.00. The molecule has 0 amide bonds. The number of nitrogens with one attached hydrogen (secondary N) is 1. The summed E-state index contributed by atoms with van der Waals surface area (Å²) in [4.78, 5) is 0. The molecule has 2 rings (SSSR count). The summed E-state index contributed by atoms with van der Waals surface area (Å²) in [5.74, 6) is 5.68. The molecule has 0 saturated heterocycles. The molecule has 0 aromatic heterocycles. The number of hydrazine groups is 1. The van der Waals surface area contributed by atoms with Gasteiger partial charge in [-0.25, -0.2) is 0 Å². The van der Waals surface area contributed by atoms with Crippen molar-refractivity contribution in [2.75, 3.05) is 5.73 Å². The van der Waals surface area contributed by atoms with Gasteiger partial charge in [-0.15, -0.1) is 0 Å². The normalized spacial score (nSPS) is 12.4. The maximum Gasteiger partial charge on any atom is 0.0521 e. The number of nitrogen functional groups attached to an aromatic ring is 1. The first-order valence-corrected chi connectivity index (χ1v) is 6.96. The molecule has 2 aromatic carbocycles. The van der Waals surface area contributed by atoms with Crippen molar-refractivity contribution in [3.05, 3.63) is 63.6 Å². The number of halogens is 1. The van der Waals surface area contributed by atoms with E-state index in [1.54, 1.807) is 0 Å². The molecular weight excluding hydrogens is 302 g/mol. The van der Waals surface area contributed by atoms with E-state index in [0.29, 0.717) is 0 Å². The van der Waals surface area contributed by atoms with Gasteiger partial charge in [0.25, 0.3) is 0 Å². The molecule has 0 spiro atoms. The molecule has 2 aromatic rings. The second-order valence-electron chi connectivity index (χ2n) is 4.68. The molecule has 1 unspecified atom stereocenters. The summed E-state index contributed by atoms with van der Waals surface area (Å²) >= 11 is 3.46. The van der Waals surface area contributed by atoms with Gasteiger partial charge in [0, 0.05) is 10.2 Å². The summed E-state index contributed by atoms with van der Waals surface area (Å²) in [7, 11) is 0. The minimum absolute atomic E-state index is 0.000191. The van der Waals surface area contributed by atoms with Gasteiger partial charge in [0.2, 0.25) is 0 Å². The predicted octanol–water partition coefficient (Wildman–Crippen LogP) is 3.09. The molecule has 0 aliphatic carbocycles. The lowest BCUT2D eigenvalue weighted by Gasteiger charge is -2.19. The van der Waals surface area contributed by atoms with E-state index in [2.05, 4.69) is 52.5 Å². The highest BCUT2D eigenvalue weighted by molar-refractivity contribution is 9.10. The number of nitrogens with two attached hydrogens (primary N) is 2. The van der Waals surface area contributed by atoms with Crippen LogP contribution in [0.25, 0.3) is 0 Å². The average Bonchev–Trinajstić information content (AvgIpc) is 2.41. The lowest BCUT2D eigenvalue weighted by Crippen LogP contribution is -2.30. The van der Waals surface area contributed by atoms with Gasteiger partial charge in [-0.05, 0) is 42.7 Å². The van der Waals surface area contributed by atoms with Crippen molar-refractivity contribution >= 4 is 21.6 Å². The number of hydrogen-bond donors (Lipinski definition) is 3. The molecule has 1 atom stereocenters. The van der Waals surface area contributed by atoms with Crippen LogP contribution in [-0.4, -0.2) is 0 Å². The van der Waals surface area contributed by atoms with Gasteiger partial charge < -0.3 is 5.73 Å². The molecule has 0 fully saturated rings. The van der Waals surface area contributed by atoms with Crippen LogP contribution in [0.3, 0.4) is 0 Å². The van der Waals surface area contributed by atoms with Gasteiger partial charge >= 0.3 is 0 Å². The molecule has 3 nitrogen and oxygen atoms in total. The van der Waals surface area contributed by atoms with Crippen LogP contribution < -0.4 is 17.0 Å². The number of anilines is 1. The molecule has 100 valence electrons. The fourth-order valence-corrected chi connectivity index (χ4v) is 2.44. The molecule has 0 aliphatic heterocycles. The van der Waals surface area contributed by atoms with Crippen molar-refractivity contribution in [2.24, 2.45) is 5.84 Å². The zero-order valence-corrected chi connectivity index (χ0v) is 12.4. The highest BCUT2D eigenvalue weighted by Gasteiger charge is 2.14. The Morgan fingerprint density at radius 2 is 1.84 bits per heavy atom. The molecule has 0 bridgehead atoms. The average molecular weight is 320 g/mol. The number of benzene rings is 2. The summed E-state index contributed by atoms with van der Waals surface area (Å²) in [5, 5.41) is 0. The van der Waals surface area contributed by atoms with Crippen molar-refractivity contribution in [2.45, 2.75) is 19.4 Å². The van der Waals surface area contributed by atoms with Crippen LogP contribution in [0.4, 0.5) is 5.69 Å². The Labute approximate surface area is 122 Å². The van der Waals surface area contributed by atoms with Crippen LogP contribution in [0, 0.1) is 6.92 Å². The van der Waals surface area contributed by atoms with Gasteiger partial charge in [0.05, 0.1) is 6.04 Å². The van der Waals surface area contributed by atoms with Crippen molar-refractivity contribution in [1.29, 1.82) is 0 Å². The smallest absolute Gasteiger partial charge is 0.0521 e. The minimum atomic E-state index is 0.000191. The van der Waals surface area contributed by atoms with Crippen molar-refractivity contribution < 1.29 is 0 Å². The van der Waals surface area contributed by atoms with E-state index in [0.717, 1.165) is 22.1 Å².